The summed E-state index contributed by atoms with van der Waals surface area (Å²) in [6, 6.07) is 1.28. The second-order valence-corrected chi connectivity index (χ2v) is 6.66. The van der Waals surface area contributed by atoms with Crippen LogP contribution < -0.4 is 5.32 Å². The minimum absolute atomic E-state index is 0.296. The van der Waals surface area contributed by atoms with Gasteiger partial charge in [-0.25, -0.2) is 0 Å². The van der Waals surface area contributed by atoms with Gasteiger partial charge in [0.25, 0.3) is 0 Å². The predicted molar refractivity (Wildman–Crippen MR) is 84.0 cm³/mol. The minimum Gasteiger partial charge on any atom is -0.396 e. The standard InChI is InChI=1S/C16H33N3O/c1-3-8-17-15(7-11-20)13-19-10-6-16-14(12-19)5-4-9-18(16)2/h14-17,20H,3-13H2,1-2H3. The highest BCUT2D eigenvalue weighted by Gasteiger charge is 2.34. The zero-order valence-electron chi connectivity index (χ0n) is 13.4. The van der Waals surface area contributed by atoms with E-state index in [0.717, 1.165) is 37.9 Å². The molecular formula is C16H33N3O. The molecule has 0 saturated carbocycles. The van der Waals surface area contributed by atoms with E-state index in [9.17, 15) is 5.11 Å². The van der Waals surface area contributed by atoms with Gasteiger partial charge in [0.05, 0.1) is 0 Å². The van der Waals surface area contributed by atoms with Crippen LogP contribution in [0.15, 0.2) is 0 Å². The highest BCUT2D eigenvalue weighted by atomic mass is 16.3. The van der Waals surface area contributed by atoms with Crippen LogP contribution in [0.25, 0.3) is 0 Å². The number of hydrogen-bond acceptors (Lipinski definition) is 4. The molecule has 2 N–H and O–H groups in total. The van der Waals surface area contributed by atoms with Gasteiger partial charge in [0.15, 0.2) is 0 Å². The van der Waals surface area contributed by atoms with Crippen molar-refractivity contribution in [1.29, 1.82) is 0 Å². The summed E-state index contributed by atoms with van der Waals surface area (Å²) >= 11 is 0. The van der Waals surface area contributed by atoms with E-state index < -0.39 is 0 Å². The molecular weight excluding hydrogens is 250 g/mol. The van der Waals surface area contributed by atoms with Gasteiger partial charge in [-0.15, -0.1) is 0 Å². The van der Waals surface area contributed by atoms with E-state index in [4.69, 9.17) is 0 Å². The van der Waals surface area contributed by atoms with Crippen LogP contribution in [0.4, 0.5) is 0 Å². The Bertz CT molecular complexity index is 274. The lowest BCUT2D eigenvalue weighted by Gasteiger charge is -2.46. The highest BCUT2D eigenvalue weighted by Crippen LogP contribution is 2.29. The van der Waals surface area contributed by atoms with Crippen molar-refractivity contribution in [3.63, 3.8) is 0 Å². The third kappa shape index (κ3) is 4.42. The van der Waals surface area contributed by atoms with Crippen LogP contribution in [-0.4, -0.2) is 73.4 Å². The summed E-state index contributed by atoms with van der Waals surface area (Å²) < 4.78 is 0. The Morgan fingerprint density at radius 2 is 2.15 bits per heavy atom. The van der Waals surface area contributed by atoms with Crippen LogP contribution in [0.5, 0.6) is 0 Å². The van der Waals surface area contributed by atoms with Crippen LogP contribution >= 0.6 is 0 Å². The van der Waals surface area contributed by atoms with E-state index in [1.807, 2.05) is 0 Å². The number of aliphatic hydroxyl groups excluding tert-OH is 1. The van der Waals surface area contributed by atoms with E-state index in [1.165, 1.54) is 38.9 Å². The number of nitrogens with zero attached hydrogens (tertiary/aromatic N) is 2. The fraction of sp³-hybridized carbons (Fsp3) is 1.00. The lowest BCUT2D eigenvalue weighted by molar-refractivity contribution is 0.0337. The molecule has 2 aliphatic heterocycles. The van der Waals surface area contributed by atoms with Crippen molar-refractivity contribution in [1.82, 2.24) is 15.1 Å². The molecule has 0 aromatic carbocycles. The van der Waals surface area contributed by atoms with E-state index in [2.05, 4.69) is 29.1 Å². The van der Waals surface area contributed by atoms with Crippen LogP contribution in [0.2, 0.25) is 0 Å². The number of nitrogens with one attached hydrogen (secondary N) is 1. The second-order valence-electron chi connectivity index (χ2n) is 6.66. The molecule has 0 amide bonds. The Kier molecular flexibility index (Phi) is 6.75. The van der Waals surface area contributed by atoms with Gasteiger partial charge in [0.1, 0.15) is 0 Å². The SMILES string of the molecule is CCCNC(CCO)CN1CCC2C(CCCN2C)C1. The lowest BCUT2D eigenvalue weighted by Crippen LogP contribution is -2.54. The summed E-state index contributed by atoms with van der Waals surface area (Å²) in [5.74, 6) is 0.864. The molecule has 0 aromatic heterocycles. The van der Waals surface area contributed by atoms with E-state index >= 15 is 0 Å². The molecule has 0 aromatic rings. The second kappa shape index (κ2) is 8.32. The molecule has 118 valence electrons. The van der Waals surface area contributed by atoms with Gasteiger partial charge >= 0.3 is 0 Å². The maximum absolute atomic E-state index is 9.22. The summed E-state index contributed by atoms with van der Waals surface area (Å²) in [6.45, 7) is 8.43. The Labute approximate surface area is 124 Å². The molecule has 0 bridgehead atoms. The minimum atomic E-state index is 0.296. The summed E-state index contributed by atoms with van der Waals surface area (Å²) in [6.07, 6.45) is 6.13. The van der Waals surface area contributed by atoms with Crippen molar-refractivity contribution in [3.05, 3.63) is 0 Å². The zero-order chi connectivity index (χ0) is 14.4. The number of rotatable bonds is 7. The summed E-state index contributed by atoms with van der Waals surface area (Å²) in [4.78, 5) is 5.20. The molecule has 2 rings (SSSR count). The van der Waals surface area contributed by atoms with Gasteiger partial charge in [0.2, 0.25) is 0 Å². The average Bonchev–Trinajstić information content (AvgIpc) is 2.45. The van der Waals surface area contributed by atoms with E-state index in [0.29, 0.717) is 12.6 Å². The maximum Gasteiger partial charge on any atom is 0.0446 e. The van der Waals surface area contributed by atoms with Gasteiger partial charge in [-0.3, -0.25) is 0 Å². The number of aliphatic hydroxyl groups is 1. The number of fused-ring (bicyclic) bond motifs is 1. The van der Waals surface area contributed by atoms with Crippen molar-refractivity contribution >= 4 is 0 Å². The zero-order valence-corrected chi connectivity index (χ0v) is 13.4. The third-order valence-corrected chi connectivity index (χ3v) is 5.07. The van der Waals surface area contributed by atoms with E-state index in [-0.39, 0.29) is 0 Å². The molecule has 20 heavy (non-hydrogen) atoms. The van der Waals surface area contributed by atoms with Gasteiger partial charge in [0, 0.05) is 31.8 Å². The molecule has 2 heterocycles. The summed E-state index contributed by atoms with van der Waals surface area (Å²) in [7, 11) is 2.30. The molecule has 0 radical (unpaired) electrons. The molecule has 4 heteroatoms. The molecule has 2 saturated heterocycles. The Morgan fingerprint density at radius 3 is 2.90 bits per heavy atom. The summed E-state index contributed by atoms with van der Waals surface area (Å²) in [5, 5.41) is 12.8. The smallest absolute Gasteiger partial charge is 0.0446 e. The first kappa shape index (κ1) is 16.2. The van der Waals surface area contributed by atoms with Crippen LogP contribution in [-0.2, 0) is 0 Å². The first-order valence-corrected chi connectivity index (χ1v) is 8.51. The number of piperidine rings is 2. The Morgan fingerprint density at radius 1 is 1.30 bits per heavy atom. The molecule has 3 atom stereocenters. The van der Waals surface area contributed by atoms with Crippen molar-refractivity contribution < 1.29 is 5.11 Å². The van der Waals surface area contributed by atoms with Crippen molar-refractivity contribution in [3.8, 4) is 0 Å². The predicted octanol–water partition coefficient (Wildman–Crippen LogP) is 1.15. The Balaban J connectivity index is 1.80. The fourth-order valence-corrected chi connectivity index (χ4v) is 3.97. The van der Waals surface area contributed by atoms with Crippen LogP contribution in [0, 0.1) is 5.92 Å². The number of hydrogen-bond donors (Lipinski definition) is 2. The molecule has 2 aliphatic rings. The van der Waals surface area contributed by atoms with Crippen molar-refractivity contribution in [2.45, 2.75) is 51.1 Å². The lowest BCUT2D eigenvalue weighted by atomic mass is 9.84. The molecule has 2 fully saturated rings. The monoisotopic (exact) mass is 283 g/mol. The maximum atomic E-state index is 9.22. The van der Waals surface area contributed by atoms with E-state index in [1.54, 1.807) is 0 Å². The van der Waals surface area contributed by atoms with Gasteiger partial charge in [-0.2, -0.15) is 0 Å². The Hall–Kier alpha value is -0.160. The molecule has 4 nitrogen and oxygen atoms in total. The van der Waals surface area contributed by atoms with Crippen LogP contribution in [0.3, 0.4) is 0 Å². The normalized spacial score (nSPS) is 30.1. The van der Waals surface area contributed by atoms with Gasteiger partial charge in [-0.05, 0) is 64.7 Å². The topological polar surface area (TPSA) is 38.7 Å². The fourth-order valence-electron chi connectivity index (χ4n) is 3.97. The summed E-state index contributed by atoms with van der Waals surface area (Å²) in [5.41, 5.74) is 0. The van der Waals surface area contributed by atoms with Crippen molar-refractivity contribution in [2.24, 2.45) is 5.92 Å². The quantitative estimate of drug-likeness (QED) is 0.735. The van der Waals surface area contributed by atoms with Gasteiger partial charge in [-0.1, -0.05) is 6.92 Å². The molecule has 0 aliphatic carbocycles. The molecule has 0 spiro atoms. The largest absolute Gasteiger partial charge is 0.396 e. The highest BCUT2D eigenvalue weighted by molar-refractivity contribution is 4.90. The first-order valence-electron chi connectivity index (χ1n) is 8.51. The number of likely N-dealkylation sites (tertiary alicyclic amines) is 2. The first-order chi connectivity index (χ1) is 9.74. The third-order valence-electron chi connectivity index (χ3n) is 5.07. The average molecular weight is 283 g/mol. The van der Waals surface area contributed by atoms with Crippen LogP contribution in [0.1, 0.15) is 39.0 Å². The molecule has 3 unspecified atom stereocenters. The van der Waals surface area contributed by atoms with Crippen molar-refractivity contribution in [2.75, 3.05) is 46.4 Å². The van der Waals surface area contributed by atoms with Gasteiger partial charge < -0.3 is 20.2 Å².